The van der Waals surface area contributed by atoms with Crippen molar-refractivity contribution in [2.75, 3.05) is 33.2 Å². The summed E-state index contributed by atoms with van der Waals surface area (Å²) in [6.07, 6.45) is 5.06. The molecule has 2 unspecified atom stereocenters. The normalized spacial score (nSPS) is 21.4. The second-order valence-corrected chi connectivity index (χ2v) is 9.79. The molecule has 2 atom stereocenters. The van der Waals surface area contributed by atoms with Gasteiger partial charge >= 0.3 is 0 Å². The standard InChI is InChI=1S/C27H34ClN3O5/c1-34-23-11-17(12-24(35-2)27(23)36-3)13-25(32)29-18-14-19-7-6-8-20(15-18)31(19)16-26(33)30-22-10-5-4-9-21(22)28/h4-5,9-12,18-20H,6-8,13-16H2,1-3H3,(H,29,32)(H,30,33). The molecule has 2 heterocycles. The lowest BCUT2D eigenvalue weighted by molar-refractivity contribution is -0.124. The lowest BCUT2D eigenvalue weighted by atomic mass is 9.81. The maximum atomic E-state index is 12.9. The third-order valence-corrected chi connectivity index (χ3v) is 7.38. The SMILES string of the molecule is COc1cc(CC(=O)NC2CC3CCCC(C2)N3CC(=O)Nc2ccccc2Cl)cc(OC)c1OC. The molecule has 194 valence electrons. The Morgan fingerprint density at radius 1 is 0.972 bits per heavy atom. The van der Waals surface area contributed by atoms with E-state index in [1.54, 1.807) is 45.6 Å². The van der Waals surface area contributed by atoms with Gasteiger partial charge in [-0.05, 0) is 55.5 Å². The van der Waals surface area contributed by atoms with Crippen molar-refractivity contribution in [3.8, 4) is 17.2 Å². The Morgan fingerprint density at radius 3 is 2.19 bits per heavy atom. The molecule has 9 heteroatoms. The number of methoxy groups -OCH3 is 3. The number of halogens is 1. The Balaban J connectivity index is 1.35. The second kappa shape index (κ2) is 11.8. The summed E-state index contributed by atoms with van der Waals surface area (Å²) in [6.45, 7) is 0.326. The van der Waals surface area contributed by atoms with Gasteiger partial charge in [-0.2, -0.15) is 0 Å². The zero-order valence-corrected chi connectivity index (χ0v) is 21.8. The van der Waals surface area contributed by atoms with E-state index in [-0.39, 0.29) is 36.4 Å². The van der Waals surface area contributed by atoms with Crippen LogP contribution in [0.2, 0.25) is 5.02 Å². The summed E-state index contributed by atoms with van der Waals surface area (Å²) in [4.78, 5) is 28.0. The van der Waals surface area contributed by atoms with Crippen molar-refractivity contribution in [2.24, 2.45) is 0 Å². The molecule has 8 nitrogen and oxygen atoms in total. The summed E-state index contributed by atoms with van der Waals surface area (Å²) in [5, 5.41) is 6.68. The molecule has 0 aromatic heterocycles. The van der Waals surface area contributed by atoms with Crippen molar-refractivity contribution in [3.05, 3.63) is 47.0 Å². The van der Waals surface area contributed by atoms with E-state index in [1.165, 1.54) is 0 Å². The molecule has 2 N–H and O–H groups in total. The van der Waals surface area contributed by atoms with Crippen LogP contribution in [0.4, 0.5) is 5.69 Å². The minimum absolute atomic E-state index is 0.0442. The summed E-state index contributed by atoms with van der Waals surface area (Å²) in [7, 11) is 4.67. The van der Waals surface area contributed by atoms with E-state index < -0.39 is 0 Å². The van der Waals surface area contributed by atoms with Crippen LogP contribution in [0, 0.1) is 0 Å². The van der Waals surface area contributed by atoms with E-state index in [0.29, 0.717) is 34.5 Å². The molecular weight excluding hydrogens is 482 g/mol. The molecule has 0 radical (unpaired) electrons. The molecule has 2 aromatic rings. The quantitative estimate of drug-likeness (QED) is 0.524. The van der Waals surface area contributed by atoms with Gasteiger partial charge in [0, 0.05) is 18.1 Å². The highest BCUT2D eigenvalue weighted by Crippen LogP contribution is 2.38. The highest BCUT2D eigenvalue weighted by molar-refractivity contribution is 6.33. The minimum atomic E-state index is -0.0649. The van der Waals surface area contributed by atoms with E-state index in [1.807, 2.05) is 12.1 Å². The number of rotatable bonds is 9. The third kappa shape index (κ3) is 6.05. The van der Waals surface area contributed by atoms with Crippen molar-refractivity contribution >= 4 is 29.1 Å². The van der Waals surface area contributed by atoms with Gasteiger partial charge in [0.1, 0.15) is 0 Å². The number of nitrogens with zero attached hydrogens (tertiary/aromatic N) is 1. The first-order valence-corrected chi connectivity index (χ1v) is 12.7. The van der Waals surface area contributed by atoms with Gasteiger partial charge in [-0.3, -0.25) is 14.5 Å². The molecule has 0 saturated carbocycles. The Bertz CT molecular complexity index is 1060. The Morgan fingerprint density at radius 2 is 1.61 bits per heavy atom. The maximum absolute atomic E-state index is 12.9. The molecule has 2 bridgehead atoms. The highest BCUT2D eigenvalue weighted by atomic mass is 35.5. The average Bonchev–Trinajstić information content (AvgIpc) is 2.85. The van der Waals surface area contributed by atoms with Gasteiger partial charge in [0.05, 0.1) is 45.0 Å². The predicted molar refractivity (Wildman–Crippen MR) is 139 cm³/mol. The fourth-order valence-corrected chi connectivity index (χ4v) is 5.66. The number of hydrogen-bond donors (Lipinski definition) is 2. The topological polar surface area (TPSA) is 89.1 Å². The summed E-state index contributed by atoms with van der Waals surface area (Å²) >= 11 is 6.19. The van der Waals surface area contributed by atoms with Crippen LogP contribution in [-0.2, 0) is 16.0 Å². The van der Waals surface area contributed by atoms with Crippen LogP contribution in [0.5, 0.6) is 17.2 Å². The lowest BCUT2D eigenvalue weighted by Gasteiger charge is -2.48. The first kappa shape index (κ1) is 26.1. The first-order chi connectivity index (χ1) is 17.4. The van der Waals surface area contributed by atoms with Gasteiger partial charge in [0.25, 0.3) is 0 Å². The molecule has 4 rings (SSSR count). The summed E-state index contributed by atoms with van der Waals surface area (Å²) in [5.74, 6) is 1.44. The van der Waals surface area contributed by atoms with Gasteiger partial charge < -0.3 is 24.8 Å². The van der Waals surface area contributed by atoms with E-state index in [9.17, 15) is 9.59 Å². The van der Waals surface area contributed by atoms with Crippen molar-refractivity contribution in [3.63, 3.8) is 0 Å². The largest absolute Gasteiger partial charge is 0.493 e. The number of benzene rings is 2. The first-order valence-electron chi connectivity index (χ1n) is 12.3. The summed E-state index contributed by atoms with van der Waals surface area (Å²) in [5.41, 5.74) is 1.42. The number of carbonyl (C=O) groups excluding carboxylic acids is 2. The lowest BCUT2D eigenvalue weighted by Crippen LogP contribution is -2.58. The summed E-state index contributed by atoms with van der Waals surface area (Å²) < 4.78 is 16.2. The van der Waals surface area contributed by atoms with Crippen molar-refractivity contribution in [1.29, 1.82) is 0 Å². The minimum Gasteiger partial charge on any atom is -0.493 e. The van der Waals surface area contributed by atoms with Crippen LogP contribution in [0.15, 0.2) is 36.4 Å². The fourth-order valence-electron chi connectivity index (χ4n) is 5.47. The maximum Gasteiger partial charge on any atom is 0.238 e. The van der Waals surface area contributed by atoms with Crippen molar-refractivity contribution < 1.29 is 23.8 Å². The molecule has 0 aliphatic carbocycles. The highest BCUT2D eigenvalue weighted by Gasteiger charge is 2.39. The van der Waals surface area contributed by atoms with Crippen LogP contribution in [0.1, 0.15) is 37.7 Å². The van der Waals surface area contributed by atoms with Crippen LogP contribution in [0.3, 0.4) is 0 Å². The monoisotopic (exact) mass is 515 g/mol. The molecule has 0 spiro atoms. The Hall–Kier alpha value is -2.97. The smallest absolute Gasteiger partial charge is 0.238 e. The van der Waals surface area contributed by atoms with Crippen molar-refractivity contribution in [1.82, 2.24) is 10.2 Å². The van der Waals surface area contributed by atoms with E-state index in [2.05, 4.69) is 15.5 Å². The Kier molecular flexibility index (Phi) is 8.59. The number of anilines is 1. The van der Waals surface area contributed by atoms with Gasteiger partial charge in [0.2, 0.25) is 17.6 Å². The molecule has 2 aromatic carbocycles. The third-order valence-electron chi connectivity index (χ3n) is 7.05. The number of para-hydroxylation sites is 1. The van der Waals surface area contributed by atoms with Gasteiger partial charge in [-0.1, -0.05) is 30.2 Å². The van der Waals surface area contributed by atoms with Crippen LogP contribution >= 0.6 is 11.6 Å². The Labute approximate surface area is 217 Å². The number of carbonyl (C=O) groups is 2. The zero-order chi connectivity index (χ0) is 25.7. The van der Waals surface area contributed by atoms with Crippen LogP contribution < -0.4 is 24.8 Å². The number of piperidine rings is 2. The number of amides is 2. The molecule has 2 aliphatic rings. The molecule has 2 fully saturated rings. The van der Waals surface area contributed by atoms with Gasteiger partial charge in [-0.15, -0.1) is 0 Å². The number of ether oxygens (including phenoxy) is 3. The van der Waals surface area contributed by atoms with Crippen LogP contribution in [-0.4, -0.2) is 62.7 Å². The molecule has 36 heavy (non-hydrogen) atoms. The van der Waals surface area contributed by atoms with Crippen LogP contribution in [0.25, 0.3) is 0 Å². The molecule has 2 saturated heterocycles. The molecule has 2 aliphatic heterocycles. The molecular formula is C27H34ClN3O5. The van der Waals surface area contributed by atoms with E-state index >= 15 is 0 Å². The van der Waals surface area contributed by atoms with E-state index in [4.69, 9.17) is 25.8 Å². The summed E-state index contributed by atoms with van der Waals surface area (Å²) in [6, 6.07) is 11.5. The second-order valence-electron chi connectivity index (χ2n) is 9.39. The van der Waals surface area contributed by atoms with Gasteiger partial charge in [-0.25, -0.2) is 0 Å². The number of nitrogens with one attached hydrogen (secondary N) is 2. The number of fused-ring (bicyclic) bond motifs is 2. The fraction of sp³-hybridized carbons (Fsp3) is 0.481. The van der Waals surface area contributed by atoms with Gasteiger partial charge in [0.15, 0.2) is 11.5 Å². The number of hydrogen-bond acceptors (Lipinski definition) is 6. The van der Waals surface area contributed by atoms with Crippen molar-refractivity contribution in [2.45, 2.75) is 56.7 Å². The molecule has 2 amide bonds. The predicted octanol–water partition coefficient (Wildman–Crippen LogP) is 4.05. The zero-order valence-electron chi connectivity index (χ0n) is 21.0. The van der Waals surface area contributed by atoms with E-state index in [0.717, 1.165) is 37.7 Å². The average molecular weight is 516 g/mol.